The van der Waals surface area contributed by atoms with Crippen molar-refractivity contribution < 1.29 is 9.53 Å². The van der Waals surface area contributed by atoms with Crippen molar-refractivity contribution in [1.82, 2.24) is 19.8 Å². The summed E-state index contributed by atoms with van der Waals surface area (Å²) in [6.07, 6.45) is 7.10. The van der Waals surface area contributed by atoms with Gasteiger partial charge >= 0.3 is 0 Å². The van der Waals surface area contributed by atoms with Crippen molar-refractivity contribution in [2.24, 2.45) is 5.92 Å². The van der Waals surface area contributed by atoms with E-state index < -0.39 is 0 Å². The van der Waals surface area contributed by atoms with Crippen LogP contribution in [0.3, 0.4) is 0 Å². The molecule has 3 atom stereocenters. The Morgan fingerprint density at radius 3 is 2.90 bits per heavy atom. The van der Waals surface area contributed by atoms with Gasteiger partial charge in [0.2, 0.25) is 0 Å². The van der Waals surface area contributed by atoms with Crippen LogP contribution < -0.4 is 4.74 Å². The van der Waals surface area contributed by atoms with E-state index in [-0.39, 0.29) is 24.0 Å². The maximum Gasteiger partial charge on any atom is 0.284 e. The molecule has 2 aliphatic heterocycles. The van der Waals surface area contributed by atoms with Gasteiger partial charge in [0.1, 0.15) is 11.9 Å². The summed E-state index contributed by atoms with van der Waals surface area (Å²) in [6.45, 7) is 2.77. The number of fused-ring (bicyclic) bond motifs is 1. The van der Waals surface area contributed by atoms with Crippen LogP contribution in [0.1, 0.15) is 16.7 Å². The number of pyridine rings is 1. The molecule has 0 N–H and O–H groups in total. The maximum atomic E-state index is 12.9. The van der Waals surface area contributed by atoms with Crippen molar-refractivity contribution in [3.05, 3.63) is 60.0 Å². The third-order valence-electron chi connectivity index (χ3n) is 5.28. The lowest BCUT2D eigenvalue weighted by Crippen LogP contribution is -2.30. The fraction of sp³-hybridized carbons (Fsp3) is 0.238. The van der Waals surface area contributed by atoms with Gasteiger partial charge in [-0.3, -0.25) is 14.7 Å². The smallest absolute Gasteiger partial charge is 0.284 e. The first-order valence-electron chi connectivity index (χ1n) is 9.29. The summed E-state index contributed by atoms with van der Waals surface area (Å²) in [5.41, 5.74) is 0.832. The van der Waals surface area contributed by atoms with Gasteiger partial charge < -0.3 is 9.64 Å². The summed E-state index contributed by atoms with van der Waals surface area (Å²) < 4.78 is 5.98. The number of hydrogen-bond acceptors (Lipinski definition) is 7. The number of hydrogen-bond donors (Lipinski definition) is 0. The van der Waals surface area contributed by atoms with Crippen molar-refractivity contribution in [1.29, 1.82) is 5.26 Å². The Hall–Kier alpha value is -3.44. The largest absolute Gasteiger partial charge is 0.455 e. The first-order valence-corrected chi connectivity index (χ1v) is 10.1. The average molecular weight is 403 g/mol. The lowest BCUT2D eigenvalue weighted by Gasteiger charge is -2.16. The zero-order valence-electron chi connectivity index (χ0n) is 15.6. The zero-order valence-corrected chi connectivity index (χ0v) is 16.4. The fourth-order valence-corrected chi connectivity index (χ4v) is 4.80. The van der Waals surface area contributed by atoms with Crippen molar-refractivity contribution in [3.8, 4) is 28.1 Å². The molecule has 2 aliphatic rings. The minimum atomic E-state index is -0.123. The van der Waals surface area contributed by atoms with Gasteiger partial charge in [0, 0.05) is 24.5 Å². The monoisotopic (exact) mass is 403 g/mol. The predicted octanol–water partition coefficient (Wildman–Crippen LogP) is 3.58. The highest BCUT2D eigenvalue weighted by Crippen LogP contribution is 2.45. The number of thiazole rings is 1. The Morgan fingerprint density at radius 1 is 1.28 bits per heavy atom. The van der Waals surface area contributed by atoms with E-state index in [1.54, 1.807) is 28.4 Å². The highest BCUT2D eigenvalue weighted by Gasteiger charge is 2.62. The summed E-state index contributed by atoms with van der Waals surface area (Å²) >= 11 is 1.32. The topological polar surface area (TPSA) is 82.1 Å². The Morgan fingerprint density at radius 2 is 2.10 bits per heavy atom. The maximum absolute atomic E-state index is 12.9. The van der Waals surface area contributed by atoms with Crippen LogP contribution in [0, 0.1) is 17.4 Å². The first-order chi connectivity index (χ1) is 14.2. The molecule has 4 heterocycles. The van der Waals surface area contributed by atoms with E-state index in [9.17, 15) is 10.1 Å². The normalized spacial score (nSPS) is 22.1. The first kappa shape index (κ1) is 17.6. The number of rotatable bonds is 4. The van der Waals surface area contributed by atoms with Crippen LogP contribution >= 0.6 is 11.3 Å². The SMILES string of the molecule is CC1CN(C#N)C2[C@@H]1N2C(=O)c1ncc(-c2ccncc2Oc2ccccc2)s1. The number of para-hydroxylation sites is 1. The van der Waals surface area contributed by atoms with E-state index >= 15 is 0 Å². The molecule has 2 unspecified atom stereocenters. The van der Waals surface area contributed by atoms with Gasteiger partial charge in [0.05, 0.1) is 17.1 Å². The Labute approximate surface area is 171 Å². The Kier molecular flexibility index (Phi) is 4.18. The second kappa shape index (κ2) is 6.87. The van der Waals surface area contributed by atoms with Crippen LogP contribution in [-0.4, -0.2) is 44.4 Å². The molecule has 0 saturated carbocycles. The van der Waals surface area contributed by atoms with Gasteiger partial charge in [-0.15, -0.1) is 11.3 Å². The molecule has 144 valence electrons. The number of carbonyl (C=O) groups excluding carboxylic acids is 1. The standard InChI is InChI=1S/C21H17N5O2S/c1-13-11-25(12-22)20-18(13)26(20)21(27)19-24-10-17(29-19)15-7-8-23-9-16(15)28-14-5-3-2-4-6-14/h2-10,13,18,20H,11H2,1H3/t13?,18-,20?,26?/m1/s1. The van der Waals surface area contributed by atoms with Gasteiger partial charge in [-0.25, -0.2) is 4.98 Å². The average Bonchev–Trinajstić information content (AvgIpc) is 3.12. The van der Waals surface area contributed by atoms with E-state index in [4.69, 9.17) is 4.74 Å². The summed E-state index contributed by atoms with van der Waals surface area (Å²) in [6, 6.07) is 11.4. The van der Waals surface area contributed by atoms with Crippen LogP contribution in [0.4, 0.5) is 0 Å². The van der Waals surface area contributed by atoms with Crippen LogP contribution in [-0.2, 0) is 0 Å². The molecule has 0 spiro atoms. The summed E-state index contributed by atoms with van der Waals surface area (Å²) in [7, 11) is 0. The van der Waals surface area contributed by atoms with E-state index in [0.29, 0.717) is 23.1 Å². The van der Waals surface area contributed by atoms with Gasteiger partial charge in [0.25, 0.3) is 5.91 Å². The summed E-state index contributed by atoms with van der Waals surface area (Å²) in [5.74, 6) is 1.48. The Balaban J connectivity index is 1.39. The van der Waals surface area contributed by atoms with E-state index in [1.165, 1.54) is 11.3 Å². The number of nitrogens with zero attached hydrogens (tertiary/aromatic N) is 5. The van der Waals surface area contributed by atoms with E-state index in [2.05, 4.69) is 23.1 Å². The molecule has 2 fully saturated rings. The number of likely N-dealkylation sites (tertiary alicyclic amines) is 1. The number of ether oxygens (including phenoxy) is 1. The molecule has 1 aromatic carbocycles. The van der Waals surface area contributed by atoms with Gasteiger partial charge in [0.15, 0.2) is 17.0 Å². The second-order valence-electron chi connectivity index (χ2n) is 7.16. The minimum absolute atomic E-state index is 0.104. The van der Waals surface area contributed by atoms with Crippen molar-refractivity contribution in [2.45, 2.75) is 19.1 Å². The molecule has 2 aromatic heterocycles. The second-order valence-corrected chi connectivity index (χ2v) is 8.19. The third-order valence-corrected chi connectivity index (χ3v) is 6.30. The number of amides is 1. The van der Waals surface area contributed by atoms with Crippen molar-refractivity contribution >= 4 is 17.2 Å². The van der Waals surface area contributed by atoms with Crippen LogP contribution in [0.25, 0.3) is 10.4 Å². The minimum Gasteiger partial charge on any atom is -0.455 e. The molecule has 0 bridgehead atoms. The van der Waals surface area contributed by atoms with Gasteiger partial charge in [-0.2, -0.15) is 5.26 Å². The number of aromatic nitrogens is 2. The molecule has 1 amide bonds. The summed E-state index contributed by atoms with van der Waals surface area (Å²) in [4.78, 5) is 25.7. The molecule has 7 nitrogen and oxygen atoms in total. The van der Waals surface area contributed by atoms with Crippen LogP contribution in [0.15, 0.2) is 55.0 Å². The van der Waals surface area contributed by atoms with Gasteiger partial charge in [-0.05, 0) is 24.1 Å². The van der Waals surface area contributed by atoms with E-state index in [1.807, 2.05) is 36.4 Å². The predicted molar refractivity (Wildman–Crippen MR) is 107 cm³/mol. The fourth-order valence-electron chi connectivity index (χ4n) is 3.91. The molecular formula is C21H17N5O2S. The lowest BCUT2D eigenvalue weighted by molar-refractivity contribution is 0.0816. The molecule has 8 heteroatoms. The summed E-state index contributed by atoms with van der Waals surface area (Å²) in [5, 5.41) is 9.68. The Bertz CT molecular complexity index is 1110. The number of nitriles is 1. The molecule has 0 radical (unpaired) electrons. The highest BCUT2D eigenvalue weighted by atomic mass is 32.1. The molecule has 2 saturated heterocycles. The molecular weight excluding hydrogens is 386 g/mol. The van der Waals surface area contributed by atoms with Gasteiger partial charge in [-0.1, -0.05) is 25.1 Å². The number of benzene rings is 1. The lowest BCUT2D eigenvalue weighted by atomic mass is 10.1. The molecule has 5 rings (SSSR count). The van der Waals surface area contributed by atoms with Crippen LogP contribution in [0.2, 0.25) is 0 Å². The quantitative estimate of drug-likeness (QED) is 0.489. The van der Waals surface area contributed by atoms with Crippen molar-refractivity contribution in [2.75, 3.05) is 6.54 Å². The van der Waals surface area contributed by atoms with Crippen LogP contribution in [0.5, 0.6) is 11.5 Å². The molecule has 29 heavy (non-hydrogen) atoms. The third kappa shape index (κ3) is 3.00. The van der Waals surface area contributed by atoms with Crippen molar-refractivity contribution in [3.63, 3.8) is 0 Å². The van der Waals surface area contributed by atoms with E-state index in [0.717, 1.165) is 10.4 Å². The number of carbonyl (C=O) groups is 1. The molecule has 0 aliphatic carbocycles. The zero-order chi connectivity index (χ0) is 20.0. The molecule has 3 aromatic rings. The highest BCUT2D eigenvalue weighted by molar-refractivity contribution is 7.17.